The molecule has 2 nitrogen and oxygen atoms in total. The molecule has 0 aromatic heterocycles. The van der Waals surface area contributed by atoms with E-state index in [4.69, 9.17) is 9.47 Å². The first kappa shape index (κ1) is 14.6. The highest BCUT2D eigenvalue weighted by Crippen LogP contribution is 2.23. The zero-order chi connectivity index (χ0) is 13.8. The van der Waals surface area contributed by atoms with Gasteiger partial charge in [0.15, 0.2) is 0 Å². The van der Waals surface area contributed by atoms with Gasteiger partial charge in [-0.3, -0.25) is 0 Å². The second-order valence-corrected chi connectivity index (χ2v) is 5.57. The van der Waals surface area contributed by atoms with Crippen molar-refractivity contribution in [3.63, 3.8) is 0 Å². The molecule has 0 aliphatic heterocycles. The van der Waals surface area contributed by atoms with E-state index < -0.39 is 0 Å². The van der Waals surface area contributed by atoms with Crippen molar-refractivity contribution < 1.29 is 9.47 Å². The molecule has 0 N–H and O–H groups in total. The monoisotopic (exact) mass is 248 g/mol. The Balaban J connectivity index is 2.61. The van der Waals surface area contributed by atoms with Crippen LogP contribution >= 0.6 is 0 Å². The van der Waals surface area contributed by atoms with E-state index in [1.807, 2.05) is 32.9 Å². The summed E-state index contributed by atoms with van der Waals surface area (Å²) in [5.74, 6) is 1.67. The molecule has 0 aliphatic rings. The molecular weight excluding hydrogens is 224 g/mol. The first-order valence-electron chi connectivity index (χ1n) is 6.47. The van der Waals surface area contributed by atoms with Crippen molar-refractivity contribution in [3.8, 4) is 5.75 Å². The van der Waals surface area contributed by atoms with Crippen LogP contribution in [-0.2, 0) is 4.74 Å². The van der Waals surface area contributed by atoms with E-state index in [1.54, 1.807) is 0 Å². The first-order chi connectivity index (χ1) is 8.31. The van der Waals surface area contributed by atoms with Gasteiger partial charge in [0.05, 0.1) is 0 Å². The topological polar surface area (TPSA) is 18.5 Å². The van der Waals surface area contributed by atoms with Crippen molar-refractivity contribution in [2.24, 2.45) is 0 Å². The van der Waals surface area contributed by atoms with Crippen LogP contribution in [0.25, 0.3) is 0 Å². The number of rotatable bonds is 5. The van der Waals surface area contributed by atoms with E-state index >= 15 is 0 Å². The molecule has 0 bridgehead atoms. The molecule has 1 aromatic carbocycles. The maximum atomic E-state index is 5.54. The molecule has 0 fully saturated rings. The lowest BCUT2D eigenvalue weighted by atomic mass is 9.99. The summed E-state index contributed by atoms with van der Waals surface area (Å²) in [4.78, 5) is 0. The molecule has 0 saturated carbocycles. The van der Waals surface area contributed by atoms with Crippen LogP contribution in [0.4, 0.5) is 0 Å². The minimum Gasteiger partial charge on any atom is -0.460 e. The molecule has 1 rings (SSSR count). The van der Waals surface area contributed by atoms with Crippen molar-refractivity contribution >= 4 is 0 Å². The fourth-order valence-corrected chi connectivity index (χ4v) is 1.59. The van der Waals surface area contributed by atoms with Crippen molar-refractivity contribution in [2.75, 3.05) is 0 Å². The normalized spacial score (nSPS) is 12.9. The SMILES string of the molecule is C=C(Oc1ccc(C(C)CC)cc1)OC(C)(C)C. The lowest BCUT2D eigenvalue weighted by Gasteiger charge is -2.22. The van der Waals surface area contributed by atoms with Gasteiger partial charge in [0, 0.05) is 0 Å². The van der Waals surface area contributed by atoms with E-state index in [2.05, 4.69) is 32.6 Å². The molecule has 18 heavy (non-hydrogen) atoms. The zero-order valence-corrected chi connectivity index (χ0v) is 12.1. The van der Waals surface area contributed by atoms with Crippen LogP contribution in [0.3, 0.4) is 0 Å². The number of hydrogen-bond donors (Lipinski definition) is 0. The Morgan fingerprint density at radius 3 is 2.22 bits per heavy atom. The third kappa shape index (κ3) is 4.82. The van der Waals surface area contributed by atoms with Crippen LogP contribution in [0.2, 0.25) is 0 Å². The predicted molar refractivity (Wildman–Crippen MR) is 75.8 cm³/mol. The predicted octanol–water partition coefficient (Wildman–Crippen LogP) is 4.87. The van der Waals surface area contributed by atoms with Gasteiger partial charge in [0.1, 0.15) is 11.4 Å². The van der Waals surface area contributed by atoms with E-state index in [-0.39, 0.29) is 5.60 Å². The highest BCUT2D eigenvalue weighted by atomic mass is 16.7. The zero-order valence-electron chi connectivity index (χ0n) is 12.1. The van der Waals surface area contributed by atoms with Crippen LogP contribution in [0.15, 0.2) is 36.8 Å². The molecule has 0 aliphatic carbocycles. The molecule has 0 saturated heterocycles. The minimum atomic E-state index is -0.284. The van der Waals surface area contributed by atoms with Crippen molar-refractivity contribution in [3.05, 3.63) is 42.4 Å². The third-order valence-electron chi connectivity index (χ3n) is 2.71. The average molecular weight is 248 g/mol. The summed E-state index contributed by atoms with van der Waals surface area (Å²) < 4.78 is 11.1. The molecule has 1 atom stereocenters. The van der Waals surface area contributed by atoms with Crippen molar-refractivity contribution in [1.29, 1.82) is 0 Å². The van der Waals surface area contributed by atoms with Gasteiger partial charge in [-0.2, -0.15) is 0 Å². The van der Waals surface area contributed by atoms with E-state index in [0.29, 0.717) is 11.9 Å². The van der Waals surface area contributed by atoms with Gasteiger partial charge in [-0.15, -0.1) is 0 Å². The van der Waals surface area contributed by atoms with Crippen molar-refractivity contribution in [1.82, 2.24) is 0 Å². The molecular formula is C16H24O2. The molecule has 0 spiro atoms. The van der Waals surface area contributed by atoms with Crippen LogP contribution < -0.4 is 4.74 Å². The summed E-state index contributed by atoms with van der Waals surface area (Å²) in [6.07, 6.45) is 1.14. The van der Waals surface area contributed by atoms with Gasteiger partial charge in [-0.25, -0.2) is 0 Å². The fourth-order valence-electron chi connectivity index (χ4n) is 1.59. The Morgan fingerprint density at radius 1 is 1.22 bits per heavy atom. The molecule has 1 unspecified atom stereocenters. The van der Waals surface area contributed by atoms with Crippen molar-refractivity contribution in [2.45, 2.75) is 52.6 Å². The Morgan fingerprint density at radius 2 is 1.78 bits per heavy atom. The molecule has 0 radical (unpaired) electrons. The maximum Gasteiger partial charge on any atom is 0.277 e. The van der Waals surface area contributed by atoms with Gasteiger partial charge >= 0.3 is 0 Å². The van der Waals surface area contributed by atoms with Gasteiger partial charge in [-0.1, -0.05) is 26.0 Å². The molecule has 2 heteroatoms. The Labute approximate surface area is 111 Å². The van der Waals surface area contributed by atoms with Crippen LogP contribution in [0.1, 0.15) is 52.5 Å². The molecule has 0 amide bonds. The maximum absolute atomic E-state index is 5.54. The van der Waals surface area contributed by atoms with E-state index in [1.165, 1.54) is 5.56 Å². The second kappa shape index (κ2) is 5.94. The lowest BCUT2D eigenvalue weighted by Crippen LogP contribution is -2.20. The quantitative estimate of drug-likeness (QED) is 0.692. The van der Waals surface area contributed by atoms with E-state index in [0.717, 1.165) is 12.2 Å². The van der Waals surface area contributed by atoms with Gasteiger partial charge in [0.25, 0.3) is 5.95 Å². The highest BCUT2D eigenvalue weighted by Gasteiger charge is 2.13. The van der Waals surface area contributed by atoms with Gasteiger partial charge in [0.2, 0.25) is 0 Å². The largest absolute Gasteiger partial charge is 0.460 e. The molecule has 1 aromatic rings. The summed E-state index contributed by atoms with van der Waals surface area (Å²) in [6, 6.07) is 8.10. The standard InChI is InChI=1S/C16H24O2/c1-7-12(2)14-8-10-15(11-9-14)17-13(3)18-16(4,5)6/h8-12H,3,7H2,1-2,4-6H3. The number of hydrogen-bond acceptors (Lipinski definition) is 2. The van der Waals surface area contributed by atoms with Crippen LogP contribution in [-0.4, -0.2) is 5.60 Å². The van der Waals surface area contributed by atoms with E-state index in [9.17, 15) is 0 Å². The minimum absolute atomic E-state index is 0.284. The summed E-state index contributed by atoms with van der Waals surface area (Å²) in [5, 5.41) is 0. The number of ether oxygens (including phenoxy) is 2. The Bertz CT molecular complexity index is 385. The summed E-state index contributed by atoms with van der Waals surface area (Å²) in [5.41, 5.74) is 1.04. The second-order valence-electron chi connectivity index (χ2n) is 5.57. The Kier molecular flexibility index (Phi) is 4.83. The number of benzene rings is 1. The third-order valence-corrected chi connectivity index (χ3v) is 2.71. The van der Waals surface area contributed by atoms with Gasteiger partial charge < -0.3 is 9.47 Å². The Hall–Kier alpha value is -1.44. The smallest absolute Gasteiger partial charge is 0.277 e. The van der Waals surface area contributed by atoms with Crippen LogP contribution in [0.5, 0.6) is 5.75 Å². The van der Waals surface area contributed by atoms with Gasteiger partial charge in [-0.05, 0) is 57.4 Å². The van der Waals surface area contributed by atoms with Crippen LogP contribution in [0, 0.1) is 0 Å². The first-order valence-corrected chi connectivity index (χ1v) is 6.47. The average Bonchev–Trinajstić information content (AvgIpc) is 2.26. The molecule has 0 heterocycles. The summed E-state index contributed by atoms with van der Waals surface area (Å²) in [6.45, 7) is 14.1. The summed E-state index contributed by atoms with van der Waals surface area (Å²) in [7, 11) is 0. The highest BCUT2D eigenvalue weighted by molar-refractivity contribution is 5.29. The fraction of sp³-hybridized carbons (Fsp3) is 0.500. The lowest BCUT2D eigenvalue weighted by molar-refractivity contribution is -0.00446. The molecule has 100 valence electrons. The summed E-state index contributed by atoms with van der Waals surface area (Å²) >= 11 is 0.